The molecule has 0 aliphatic carbocycles. The van der Waals surface area contributed by atoms with E-state index in [0.717, 1.165) is 0 Å². The molecule has 0 aromatic heterocycles. The highest BCUT2D eigenvalue weighted by atomic mass is 35.5. The van der Waals surface area contributed by atoms with Crippen LogP contribution in [0.15, 0.2) is 18.2 Å². The average Bonchev–Trinajstić information content (AvgIpc) is 2.71. The standard InChI is InChI=1S/C12H12ClNO4/c1-18-10-3-2-8(5-9(10)13)14-6-7(12(16)17)4-11(14)15/h2-3,5,7H,4,6H2,1H3,(H,16,17)/p-1. The third-order valence-electron chi connectivity index (χ3n) is 2.91. The summed E-state index contributed by atoms with van der Waals surface area (Å²) in [6, 6.07) is 4.88. The molecule has 1 unspecified atom stereocenters. The maximum atomic E-state index is 11.7. The fourth-order valence-corrected chi connectivity index (χ4v) is 2.19. The number of carbonyl (C=O) groups is 2. The Morgan fingerprint density at radius 1 is 1.56 bits per heavy atom. The van der Waals surface area contributed by atoms with Gasteiger partial charge in [0, 0.05) is 30.5 Å². The first-order valence-electron chi connectivity index (χ1n) is 5.37. The normalized spacial score (nSPS) is 19.1. The van der Waals surface area contributed by atoms with Gasteiger partial charge in [-0.3, -0.25) is 4.79 Å². The Bertz CT molecular complexity index is 503. The number of methoxy groups -OCH3 is 1. The Balaban J connectivity index is 2.24. The van der Waals surface area contributed by atoms with Crippen LogP contribution in [0, 0.1) is 5.92 Å². The minimum Gasteiger partial charge on any atom is -0.550 e. The van der Waals surface area contributed by atoms with Gasteiger partial charge in [-0.05, 0) is 18.2 Å². The summed E-state index contributed by atoms with van der Waals surface area (Å²) >= 11 is 5.96. The highest BCUT2D eigenvalue weighted by molar-refractivity contribution is 6.32. The van der Waals surface area contributed by atoms with Gasteiger partial charge in [-0.2, -0.15) is 0 Å². The van der Waals surface area contributed by atoms with Crippen LogP contribution in [-0.2, 0) is 9.59 Å². The van der Waals surface area contributed by atoms with Crippen molar-refractivity contribution in [1.29, 1.82) is 0 Å². The first-order chi connectivity index (χ1) is 8.52. The summed E-state index contributed by atoms with van der Waals surface area (Å²) in [7, 11) is 1.49. The Hall–Kier alpha value is -1.75. The SMILES string of the molecule is COc1ccc(N2CC(C(=O)[O-])CC2=O)cc1Cl. The van der Waals surface area contributed by atoms with Crippen molar-refractivity contribution >= 4 is 29.2 Å². The van der Waals surface area contributed by atoms with Crippen molar-refractivity contribution < 1.29 is 19.4 Å². The number of aliphatic carboxylic acids is 1. The van der Waals surface area contributed by atoms with E-state index in [9.17, 15) is 14.7 Å². The van der Waals surface area contributed by atoms with Crippen LogP contribution in [0.2, 0.25) is 5.02 Å². The van der Waals surface area contributed by atoms with Crippen molar-refractivity contribution in [2.45, 2.75) is 6.42 Å². The van der Waals surface area contributed by atoms with Gasteiger partial charge in [0.25, 0.3) is 0 Å². The van der Waals surface area contributed by atoms with Crippen LogP contribution in [0.3, 0.4) is 0 Å². The van der Waals surface area contributed by atoms with E-state index in [0.29, 0.717) is 16.5 Å². The van der Waals surface area contributed by atoms with E-state index in [-0.39, 0.29) is 18.9 Å². The monoisotopic (exact) mass is 268 g/mol. The van der Waals surface area contributed by atoms with Gasteiger partial charge in [-0.15, -0.1) is 0 Å². The summed E-state index contributed by atoms with van der Waals surface area (Å²) in [4.78, 5) is 23.9. The molecule has 1 atom stereocenters. The fraction of sp³-hybridized carbons (Fsp3) is 0.333. The number of anilines is 1. The first-order valence-corrected chi connectivity index (χ1v) is 5.75. The van der Waals surface area contributed by atoms with Gasteiger partial charge in [-0.25, -0.2) is 0 Å². The summed E-state index contributed by atoms with van der Waals surface area (Å²) in [5, 5.41) is 11.1. The van der Waals surface area contributed by atoms with E-state index < -0.39 is 11.9 Å². The third kappa shape index (κ3) is 2.26. The smallest absolute Gasteiger partial charge is 0.227 e. The number of nitrogens with zero attached hydrogens (tertiary/aromatic N) is 1. The summed E-state index contributed by atoms with van der Waals surface area (Å²) in [6.07, 6.45) is -0.0357. The maximum absolute atomic E-state index is 11.7. The van der Waals surface area contributed by atoms with E-state index in [1.165, 1.54) is 12.0 Å². The topological polar surface area (TPSA) is 69.7 Å². The predicted molar refractivity (Wildman–Crippen MR) is 63.5 cm³/mol. The quantitative estimate of drug-likeness (QED) is 0.798. The van der Waals surface area contributed by atoms with Crippen LogP contribution in [0.5, 0.6) is 5.75 Å². The molecule has 2 rings (SSSR count). The second-order valence-corrected chi connectivity index (χ2v) is 4.45. The summed E-state index contributed by atoms with van der Waals surface area (Å²) in [6.45, 7) is 0.115. The van der Waals surface area contributed by atoms with Crippen LogP contribution < -0.4 is 14.7 Å². The predicted octanol–water partition coefficient (Wildman–Crippen LogP) is 0.451. The molecule has 0 bridgehead atoms. The summed E-state index contributed by atoms with van der Waals surface area (Å²) < 4.78 is 5.01. The second kappa shape index (κ2) is 4.86. The van der Waals surface area contributed by atoms with Gasteiger partial charge in [0.2, 0.25) is 5.91 Å². The lowest BCUT2D eigenvalue weighted by Crippen LogP contribution is -2.33. The van der Waals surface area contributed by atoms with Crippen molar-refractivity contribution in [2.24, 2.45) is 5.92 Å². The van der Waals surface area contributed by atoms with Crippen molar-refractivity contribution in [1.82, 2.24) is 0 Å². The number of halogens is 1. The number of carbonyl (C=O) groups excluding carboxylic acids is 2. The molecule has 6 heteroatoms. The zero-order valence-corrected chi connectivity index (χ0v) is 10.4. The van der Waals surface area contributed by atoms with Crippen LogP contribution in [0.25, 0.3) is 0 Å². The van der Waals surface area contributed by atoms with Crippen LogP contribution in [0.1, 0.15) is 6.42 Å². The summed E-state index contributed by atoms with van der Waals surface area (Å²) in [5.41, 5.74) is 0.564. The van der Waals surface area contributed by atoms with E-state index in [1.54, 1.807) is 18.2 Å². The van der Waals surface area contributed by atoms with E-state index >= 15 is 0 Å². The highest BCUT2D eigenvalue weighted by Gasteiger charge is 2.31. The van der Waals surface area contributed by atoms with Crippen molar-refractivity contribution in [3.05, 3.63) is 23.2 Å². The lowest BCUT2D eigenvalue weighted by Gasteiger charge is -2.18. The lowest BCUT2D eigenvalue weighted by atomic mass is 10.1. The molecule has 1 heterocycles. The van der Waals surface area contributed by atoms with Gasteiger partial charge >= 0.3 is 0 Å². The van der Waals surface area contributed by atoms with Crippen LogP contribution in [-0.4, -0.2) is 25.5 Å². The molecule has 0 saturated carbocycles. The summed E-state index contributed by atoms with van der Waals surface area (Å²) in [5.74, 6) is -1.71. The highest BCUT2D eigenvalue weighted by Crippen LogP contribution is 2.32. The molecular weight excluding hydrogens is 258 g/mol. The number of ether oxygens (including phenoxy) is 1. The molecular formula is C12H11ClNO4-. The lowest BCUT2D eigenvalue weighted by molar-refractivity contribution is -0.310. The van der Waals surface area contributed by atoms with E-state index in [2.05, 4.69) is 0 Å². The van der Waals surface area contributed by atoms with Crippen LogP contribution >= 0.6 is 11.6 Å². The molecule has 0 radical (unpaired) electrons. The minimum atomic E-state index is -1.20. The molecule has 1 aromatic rings. The Labute approximate surface area is 109 Å². The van der Waals surface area contributed by atoms with Crippen molar-refractivity contribution in [3.63, 3.8) is 0 Å². The largest absolute Gasteiger partial charge is 0.550 e. The third-order valence-corrected chi connectivity index (χ3v) is 3.20. The molecule has 5 nitrogen and oxygen atoms in total. The molecule has 1 aromatic carbocycles. The van der Waals surface area contributed by atoms with Gasteiger partial charge in [-0.1, -0.05) is 11.6 Å². The molecule has 0 N–H and O–H groups in total. The maximum Gasteiger partial charge on any atom is 0.227 e. The molecule has 18 heavy (non-hydrogen) atoms. The van der Waals surface area contributed by atoms with E-state index in [4.69, 9.17) is 16.3 Å². The van der Waals surface area contributed by atoms with E-state index in [1.807, 2.05) is 0 Å². The van der Waals surface area contributed by atoms with Gasteiger partial charge in [0.05, 0.1) is 12.1 Å². The molecule has 1 aliphatic rings. The number of amides is 1. The first kappa shape index (κ1) is 12.7. The average molecular weight is 269 g/mol. The number of hydrogen-bond donors (Lipinski definition) is 0. The van der Waals surface area contributed by atoms with Crippen molar-refractivity contribution in [2.75, 3.05) is 18.6 Å². The molecule has 1 aliphatic heterocycles. The zero-order valence-electron chi connectivity index (χ0n) is 9.68. The number of carboxylic acid groups (broad SMARTS) is 1. The van der Waals surface area contributed by atoms with Crippen LogP contribution in [0.4, 0.5) is 5.69 Å². The number of benzene rings is 1. The minimum absolute atomic E-state index is 0.0357. The molecule has 96 valence electrons. The molecule has 1 saturated heterocycles. The van der Waals surface area contributed by atoms with Gasteiger partial charge < -0.3 is 19.5 Å². The molecule has 1 amide bonds. The Kier molecular flexibility index (Phi) is 3.43. The number of hydrogen-bond acceptors (Lipinski definition) is 4. The Morgan fingerprint density at radius 3 is 2.78 bits per heavy atom. The number of carboxylic acids is 1. The fourth-order valence-electron chi connectivity index (χ4n) is 1.94. The molecule has 1 fully saturated rings. The van der Waals surface area contributed by atoms with Gasteiger partial charge in [0.15, 0.2) is 0 Å². The van der Waals surface area contributed by atoms with Gasteiger partial charge in [0.1, 0.15) is 5.75 Å². The zero-order chi connectivity index (χ0) is 13.3. The van der Waals surface area contributed by atoms with Crippen molar-refractivity contribution in [3.8, 4) is 5.75 Å². The number of rotatable bonds is 3. The second-order valence-electron chi connectivity index (χ2n) is 4.04. The Morgan fingerprint density at radius 2 is 2.28 bits per heavy atom. The molecule has 0 spiro atoms.